The Morgan fingerprint density at radius 3 is 2.93 bits per heavy atom. The molecule has 0 aliphatic carbocycles. The lowest BCUT2D eigenvalue weighted by molar-refractivity contribution is 0.512. The lowest BCUT2D eigenvalue weighted by Gasteiger charge is -2.05. The first-order chi connectivity index (χ1) is 6.77. The van der Waals surface area contributed by atoms with Crippen LogP contribution in [0.2, 0.25) is 0 Å². The third kappa shape index (κ3) is 1.87. The van der Waals surface area contributed by atoms with Gasteiger partial charge in [-0.3, -0.25) is 4.99 Å². The standard InChI is InChI=1S/C9H8F2N2S/c10-6-2-1-3-7(8(6)11)13-9-12-4-5-14-9/h1-3H,4-5H2,(H,12,13). The number of thioether (sulfide) groups is 1. The minimum atomic E-state index is -0.859. The molecular formula is C9H8F2N2S. The first kappa shape index (κ1) is 9.45. The first-order valence-electron chi connectivity index (χ1n) is 4.15. The zero-order valence-corrected chi connectivity index (χ0v) is 8.07. The average molecular weight is 214 g/mol. The second-order valence-electron chi connectivity index (χ2n) is 2.76. The summed E-state index contributed by atoms with van der Waals surface area (Å²) in [6.45, 7) is 0.726. The van der Waals surface area contributed by atoms with Gasteiger partial charge in [0.25, 0.3) is 0 Å². The number of aliphatic imine (C=N–C) groups is 1. The van der Waals surface area contributed by atoms with Crippen molar-refractivity contribution in [2.75, 3.05) is 17.6 Å². The lowest BCUT2D eigenvalue weighted by atomic mass is 10.3. The van der Waals surface area contributed by atoms with Gasteiger partial charge in [0.15, 0.2) is 16.8 Å². The molecule has 1 aliphatic heterocycles. The van der Waals surface area contributed by atoms with E-state index in [1.165, 1.54) is 23.9 Å². The predicted octanol–water partition coefficient (Wildman–Crippen LogP) is 2.48. The van der Waals surface area contributed by atoms with Crippen molar-refractivity contribution in [3.05, 3.63) is 29.8 Å². The summed E-state index contributed by atoms with van der Waals surface area (Å²) in [5.74, 6) is -0.819. The van der Waals surface area contributed by atoms with Crippen LogP contribution in [0.15, 0.2) is 23.2 Å². The van der Waals surface area contributed by atoms with Crippen molar-refractivity contribution in [1.82, 2.24) is 0 Å². The number of nitrogens with one attached hydrogen (secondary N) is 1. The van der Waals surface area contributed by atoms with Crippen molar-refractivity contribution in [3.63, 3.8) is 0 Å². The Labute approximate surface area is 84.4 Å². The van der Waals surface area contributed by atoms with Crippen LogP contribution in [0.25, 0.3) is 0 Å². The number of anilines is 1. The van der Waals surface area contributed by atoms with Crippen LogP contribution in [0.3, 0.4) is 0 Å². The highest BCUT2D eigenvalue weighted by atomic mass is 32.2. The first-order valence-corrected chi connectivity index (χ1v) is 5.14. The fourth-order valence-electron chi connectivity index (χ4n) is 1.13. The fraction of sp³-hybridized carbons (Fsp3) is 0.222. The minimum absolute atomic E-state index is 0.137. The lowest BCUT2D eigenvalue weighted by Crippen LogP contribution is -2.07. The molecule has 2 nitrogen and oxygen atoms in total. The number of nitrogens with zero attached hydrogens (tertiary/aromatic N) is 1. The number of halogens is 2. The Morgan fingerprint density at radius 1 is 1.36 bits per heavy atom. The van der Waals surface area contributed by atoms with E-state index in [1.54, 1.807) is 0 Å². The summed E-state index contributed by atoms with van der Waals surface area (Å²) < 4.78 is 25.9. The molecule has 1 aliphatic rings. The third-order valence-electron chi connectivity index (χ3n) is 1.78. The highest BCUT2D eigenvalue weighted by Gasteiger charge is 2.11. The molecule has 0 unspecified atom stereocenters. The summed E-state index contributed by atoms with van der Waals surface area (Å²) in [4.78, 5) is 4.08. The van der Waals surface area contributed by atoms with Crippen LogP contribution in [0.5, 0.6) is 0 Å². The zero-order valence-electron chi connectivity index (χ0n) is 7.26. The smallest absolute Gasteiger partial charge is 0.182 e. The Morgan fingerprint density at radius 2 is 2.21 bits per heavy atom. The highest BCUT2D eigenvalue weighted by Crippen LogP contribution is 2.20. The van der Waals surface area contributed by atoms with Crippen molar-refractivity contribution < 1.29 is 8.78 Å². The Kier molecular flexibility index (Phi) is 2.67. The van der Waals surface area contributed by atoms with Crippen LogP contribution >= 0.6 is 11.8 Å². The maximum atomic E-state index is 13.2. The van der Waals surface area contributed by atoms with Gasteiger partial charge in [0, 0.05) is 5.75 Å². The van der Waals surface area contributed by atoms with Crippen LogP contribution in [0, 0.1) is 11.6 Å². The van der Waals surface area contributed by atoms with Crippen LogP contribution in [-0.4, -0.2) is 17.5 Å². The second-order valence-corrected chi connectivity index (χ2v) is 3.85. The topological polar surface area (TPSA) is 24.4 Å². The maximum absolute atomic E-state index is 13.2. The molecule has 74 valence electrons. The molecular weight excluding hydrogens is 206 g/mol. The van der Waals surface area contributed by atoms with Crippen LogP contribution in [0.4, 0.5) is 14.5 Å². The number of benzene rings is 1. The van der Waals surface area contributed by atoms with Crippen LogP contribution in [0.1, 0.15) is 0 Å². The minimum Gasteiger partial charge on any atom is -0.333 e. The molecule has 1 heterocycles. The number of hydrogen-bond donors (Lipinski definition) is 1. The van der Waals surface area contributed by atoms with E-state index in [-0.39, 0.29) is 5.69 Å². The van der Waals surface area contributed by atoms with Gasteiger partial charge >= 0.3 is 0 Å². The van der Waals surface area contributed by atoms with Gasteiger partial charge in [-0.05, 0) is 12.1 Å². The highest BCUT2D eigenvalue weighted by molar-refractivity contribution is 8.14. The van der Waals surface area contributed by atoms with Gasteiger partial charge in [-0.25, -0.2) is 8.78 Å². The van der Waals surface area contributed by atoms with E-state index in [2.05, 4.69) is 10.3 Å². The predicted molar refractivity (Wildman–Crippen MR) is 54.7 cm³/mol. The van der Waals surface area contributed by atoms with Crippen LogP contribution in [-0.2, 0) is 0 Å². The van der Waals surface area contributed by atoms with Gasteiger partial charge in [-0.1, -0.05) is 17.8 Å². The van der Waals surface area contributed by atoms with Crippen molar-refractivity contribution >= 4 is 22.6 Å². The van der Waals surface area contributed by atoms with E-state index in [0.29, 0.717) is 5.17 Å². The second kappa shape index (κ2) is 3.96. The van der Waals surface area contributed by atoms with Crippen molar-refractivity contribution in [3.8, 4) is 0 Å². The summed E-state index contributed by atoms with van der Waals surface area (Å²) in [5, 5.41) is 3.40. The summed E-state index contributed by atoms with van der Waals surface area (Å²) in [6.07, 6.45) is 0. The summed E-state index contributed by atoms with van der Waals surface area (Å²) in [6, 6.07) is 4.03. The van der Waals surface area contributed by atoms with E-state index in [4.69, 9.17) is 0 Å². The molecule has 0 fully saturated rings. The van der Waals surface area contributed by atoms with Crippen molar-refractivity contribution in [1.29, 1.82) is 0 Å². The monoisotopic (exact) mass is 214 g/mol. The zero-order chi connectivity index (χ0) is 9.97. The molecule has 1 N–H and O–H groups in total. The molecule has 5 heteroatoms. The normalized spacial score (nSPS) is 15.4. The summed E-state index contributed by atoms with van der Waals surface area (Å²) >= 11 is 1.50. The van der Waals surface area contributed by atoms with E-state index < -0.39 is 11.6 Å². The molecule has 0 aromatic heterocycles. The molecule has 1 aromatic carbocycles. The fourth-order valence-corrected chi connectivity index (χ4v) is 1.87. The van der Waals surface area contributed by atoms with Gasteiger partial charge in [-0.15, -0.1) is 0 Å². The van der Waals surface area contributed by atoms with Crippen molar-refractivity contribution in [2.45, 2.75) is 0 Å². The Balaban J connectivity index is 2.20. The maximum Gasteiger partial charge on any atom is 0.182 e. The molecule has 0 saturated carbocycles. The number of hydrogen-bond acceptors (Lipinski definition) is 3. The van der Waals surface area contributed by atoms with Gasteiger partial charge in [0.2, 0.25) is 0 Å². The van der Waals surface area contributed by atoms with E-state index in [0.717, 1.165) is 18.4 Å². The Hall–Kier alpha value is -1.10. The third-order valence-corrected chi connectivity index (χ3v) is 2.67. The summed E-state index contributed by atoms with van der Waals surface area (Å²) in [7, 11) is 0. The van der Waals surface area contributed by atoms with E-state index >= 15 is 0 Å². The molecule has 0 amide bonds. The van der Waals surface area contributed by atoms with Gasteiger partial charge in [-0.2, -0.15) is 0 Å². The molecule has 0 atom stereocenters. The van der Waals surface area contributed by atoms with Gasteiger partial charge < -0.3 is 5.32 Å². The molecule has 1 aromatic rings. The largest absolute Gasteiger partial charge is 0.333 e. The average Bonchev–Trinajstić information content (AvgIpc) is 2.66. The molecule has 2 rings (SSSR count). The molecule has 0 spiro atoms. The molecule has 0 radical (unpaired) electrons. The van der Waals surface area contributed by atoms with Crippen LogP contribution < -0.4 is 5.32 Å². The van der Waals surface area contributed by atoms with E-state index in [1.807, 2.05) is 0 Å². The van der Waals surface area contributed by atoms with Gasteiger partial charge in [0.05, 0.1) is 12.2 Å². The molecule has 14 heavy (non-hydrogen) atoms. The molecule has 0 bridgehead atoms. The SMILES string of the molecule is Fc1cccc(NC2=NCCS2)c1F. The number of rotatable bonds is 1. The number of amidine groups is 1. The van der Waals surface area contributed by atoms with Gasteiger partial charge in [0.1, 0.15) is 0 Å². The van der Waals surface area contributed by atoms with Crippen molar-refractivity contribution in [2.24, 2.45) is 4.99 Å². The molecule has 0 saturated heterocycles. The quantitative estimate of drug-likeness (QED) is 0.776. The summed E-state index contributed by atoms with van der Waals surface area (Å²) in [5.41, 5.74) is 0.137. The van der Waals surface area contributed by atoms with E-state index in [9.17, 15) is 8.78 Å². The Bertz CT molecular complexity index is 379.